The van der Waals surface area contributed by atoms with Gasteiger partial charge >= 0.3 is 25.6 Å². The van der Waals surface area contributed by atoms with Crippen molar-refractivity contribution >= 4 is 48.4 Å². The summed E-state index contributed by atoms with van der Waals surface area (Å²) in [6.45, 7) is 0. The third-order valence-corrected chi connectivity index (χ3v) is 0. The van der Waals surface area contributed by atoms with Crippen LogP contribution in [0.25, 0.3) is 0 Å². The predicted molar refractivity (Wildman–Crippen MR) is 18.9 cm³/mol. The molecule has 21 valence electrons. The molecular formula is CH4InOSn. The average Bonchev–Trinajstić information content (AvgIpc) is 1.00. The van der Waals surface area contributed by atoms with E-state index >= 15 is 0 Å². The van der Waals surface area contributed by atoms with Crippen molar-refractivity contribution in [3.63, 3.8) is 0 Å². The van der Waals surface area contributed by atoms with Gasteiger partial charge in [-0.3, -0.25) is 0 Å². The molecule has 0 aliphatic carbocycles. The van der Waals surface area contributed by atoms with Gasteiger partial charge in [0.15, 0.2) is 0 Å². The Morgan fingerprint density at radius 1 is 1.25 bits per heavy atom. The van der Waals surface area contributed by atoms with Crippen molar-refractivity contribution in [3.8, 4) is 0 Å². The molecule has 0 rings (SSSR count). The number of rotatable bonds is 0. The van der Waals surface area contributed by atoms with Crippen molar-refractivity contribution in [2.45, 2.75) is 7.43 Å². The van der Waals surface area contributed by atoms with Crippen LogP contribution in [-0.2, 0) is 3.08 Å². The molecule has 0 bridgehead atoms. The summed E-state index contributed by atoms with van der Waals surface area (Å²) >= 11 is 0.300. The van der Waals surface area contributed by atoms with Crippen LogP contribution in [0, 0.1) is 0 Å². The third-order valence-electron chi connectivity index (χ3n) is 0. The van der Waals surface area contributed by atoms with E-state index in [9.17, 15) is 0 Å². The number of hydrogen-bond donors (Lipinski definition) is 0. The molecule has 0 saturated heterocycles. The molecule has 0 unspecified atom stereocenters. The first-order valence-electron chi connectivity index (χ1n) is 0.204. The van der Waals surface area contributed by atoms with Gasteiger partial charge in [0.1, 0.15) is 0 Å². The van der Waals surface area contributed by atoms with Crippen LogP contribution >= 0.6 is 0 Å². The molecule has 0 aromatic heterocycles. The SMILES string of the molecule is C.[In].[O]=[Sn]. The van der Waals surface area contributed by atoms with E-state index in [2.05, 4.69) is 0 Å². The van der Waals surface area contributed by atoms with E-state index in [1.54, 1.807) is 0 Å². The van der Waals surface area contributed by atoms with Gasteiger partial charge in [-0.1, -0.05) is 7.43 Å². The molecule has 0 atom stereocenters. The summed E-state index contributed by atoms with van der Waals surface area (Å²) in [6, 6.07) is 0. The van der Waals surface area contributed by atoms with Crippen LogP contribution in [0.5, 0.6) is 0 Å². The van der Waals surface area contributed by atoms with Gasteiger partial charge in [-0.2, -0.15) is 0 Å². The molecule has 0 N–H and O–H groups in total. The molecule has 0 spiro atoms. The van der Waals surface area contributed by atoms with Gasteiger partial charge in [-0.15, -0.1) is 0 Å². The standard InChI is InChI=1S/CH4.In.O.Sn/h1H4;;;. The van der Waals surface area contributed by atoms with Crippen LogP contribution in [0.1, 0.15) is 7.43 Å². The minimum atomic E-state index is 0. The van der Waals surface area contributed by atoms with E-state index in [-0.39, 0.29) is 33.3 Å². The summed E-state index contributed by atoms with van der Waals surface area (Å²) in [5, 5.41) is 0. The zero-order valence-electron chi connectivity index (χ0n) is 1.49. The Labute approximate surface area is 58.4 Å². The van der Waals surface area contributed by atoms with Gasteiger partial charge in [0.2, 0.25) is 0 Å². The number of hydrogen-bond acceptors (Lipinski definition) is 1. The van der Waals surface area contributed by atoms with Crippen molar-refractivity contribution in [3.05, 3.63) is 0 Å². The summed E-state index contributed by atoms with van der Waals surface area (Å²) in [7, 11) is 0. The Hall–Kier alpha value is 1.47. The molecule has 3 heteroatoms. The maximum absolute atomic E-state index is 8.34. The second-order valence-corrected chi connectivity index (χ2v) is 0. The first-order chi connectivity index (χ1) is 1.00. The van der Waals surface area contributed by atoms with E-state index in [1.165, 1.54) is 0 Å². The van der Waals surface area contributed by atoms with E-state index in [4.69, 9.17) is 3.08 Å². The van der Waals surface area contributed by atoms with Crippen LogP contribution in [0.3, 0.4) is 0 Å². The van der Waals surface area contributed by atoms with Crippen molar-refractivity contribution in [1.82, 2.24) is 0 Å². The zero-order valence-corrected chi connectivity index (χ0v) is 7.64. The molecule has 0 aliphatic rings. The van der Waals surface area contributed by atoms with Gasteiger partial charge in [-0.25, -0.2) is 0 Å². The molecule has 0 heterocycles. The van der Waals surface area contributed by atoms with Gasteiger partial charge in [0.05, 0.1) is 0 Å². The van der Waals surface area contributed by atoms with Crippen molar-refractivity contribution in [2.24, 2.45) is 0 Å². The van der Waals surface area contributed by atoms with E-state index in [0.29, 0.717) is 22.5 Å². The summed E-state index contributed by atoms with van der Waals surface area (Å²) < 4.78 is 8.34. The quantitative estimate of drug-likeness (QED) is 0.553. The van der Waals surface area contributed by atoms with Gasteiger partial charge in [0, 0.05) is 25.8 Å². The second kappa shape index (κ2) is 24.9. The summed E-state index contributed by atoms with van der Waals surface area (Å²) in [4.78, 5) is 0. The first kappa shape index (κ1) is 17.9. The fraction of sp³-hybridized carbons (Fsp3) is 1.00. The zero-order chi connectivity index (χ0) is 2.00. The summed E-state index contributed by atoms with van der Waals surface area (Å²) in [6.07, 6.45) is 0. The van der Waals surface area contributed by atoms with Gasteiger partial charge in [0.25, 0.3) is 0 Å². The maximum atomic E-state index is 8.34. The topological polar surface area (TPSA) is 17.1 Å². The van der Waals surface area contributed by atoms with Gasteiger partial charge in [-0.05, 0) is 0 Å². The van der Waals surface area contributed by atoms with E-state index in [0.717, 1.165) is 0 Å². The molecule has 0 aliphatic heterocycles. The van der Waals surface area contributed by atoms with Crippen LogP contribution in [0.15, 0.2) is 0 Å². The normalized spacial score (nSPS) is 1.00. The fourth-order valence-corrected chi connectivity index (χ4v) is 0. The van der Waals surface area contributed by atoms with Crippen LogP contribution < -0.4 is 0 Å². The van der Waals surface area contributed by atoms with Crippen LogP contribution in [0.4, 0.5) is 0 Å². The van der Waals surface area contributed by atoms with Gasteiger partial charge < -0.3 is 0 Å². The van der Waals surface area contributed by atoms with E-state index < -0.39 is 0 Å². The molecule has 0 aromatic carbocycles. The summed E-state index contributed by atoms with van der Waals surface area (Å²) in [5.41, 5.74) is 0. The molecule has 0 amide bonds. The van der Waals surface area contributed by atoms with Crippen LogP contribution in [0.2, 0.25) is 0 Å². The molecule has 0 saturated carbocycles. The summed E-state index contributed by atoms with van der Waals surface area (Å²) in [5.74, 6) is 0. The fourth-order valence-electron chi connectivity index (χ4n) is 0. The van der Waals surface area contributed by atoms with Crippen molar-refractivity contribution in [1.29, 1.82) is 0 Å². The monoisotopic (exact) mass is 267 g/mol. The van der Waals surface area contributed by atoms with Crippen LogP contribution in [-0.4, -0.2) is 48.4 Å². The Bertz CT molecular complexity index is 8.00. The Morgan fingerprint density at radius 2 is 1.25 bits per heavy atom. The predicted octanol–water partition coefficient (Wildman–Crippen LogP) is -0.244. The minimum absolute atomic E-state index is 0. The van der Waals surface area contributed by atoms with Crippen molar-refractivity contribution in [2.75, 3.05) is 0 Å². The molecule has 0 fully saturated rings. The first-order valence-corrected chi connectivity index (χ1v) is 1.37. The second-order valence-electron chi connectivity index (χ2n) is 0. The molecule has 0 aromatic rings. The third kappa shape index (κ3) is 9.80. The van der Waals surface area contributed by atoms with Crippen molar-refractivity contribution < 1.29 is 3.08 Å². The molecule has 1 nitrogen and oxygen atoms in total. The Kier molecular flexibility index (Phi) is 112. The Balaban J connectivity index is -0.00000000500. The Morgan fingerprint density at radius 3 is 1.25 bits per heavy atom. The average molecular weight is 266 g/mol. The molecule has 4 heavy (non-hydrogen) atoms. The molecular weight excluding hydrogens is 262 g/mol. The van der Waals surface area contributed by atoms with E-state index in [1.807, 2.05) is 0 Å². The molecule has 5 radical (unpaired) electrons.